The number of likely N-dealkylation sites (tertiary alicyclic amines) is 1. The van der Waals surface area contributed by atoms with E-state index in [2.05, 4.69) is 46.8 Å². The number of urea groups is 1. The lowest BCUT2D eigenvalue weighted by Crippen LogP contribution is -2.59. The van der Waals surface area contributed by atoms with E-state index in [0.717, 1.165) is 31.2 Å². The molecule has 5 amide bonds. The molecule has 1 saturated heterocycles. The molecule has 0 bridgehead atoms. The van der Waals surface area contributed by atoms with Crippen molar-refractivity contribution in [2.24, 2.45) is 13.0 Å². The Balaban J connectivity index is 1.27. The summed E-state index contributed by atoms with van der Waals surface area (Å²) in [6.45, 7) is 6.15. The number of H-pyrrole nitrogens is 1. The average Bonchev–Trinajstić information content (AvgIpc) is 3.85. The first-order valence-electron chi connectivity index (χ1n) is 20.0. The van der Waals surface area contributed by atoms with Crippen molar-refractivity contribution in [3.05, 3.63) is 54.1 Å². The SMILES string of the molecule is Cn1nnnc1SCC[C@H](O)[C@H](CC1CCCCC1)NC(=O)[C@H](Cc1c[nH]cn1)NC(=O)[C@H](Cc1ccccc1)NC(=O)N1CCC(NC(=O)OC(C)(C)C)CC1. The fourth-order valence-electron chi connectivity index (χ4n) is 7.29. The number of imidazole rings is 1. The number of carbonyl (C=O) groups excluding carboxylic acids is 4. The van der Waals surface area contributed by atoms with Crippen molar-refractivity contribution < 1.29 is 29.0 Å². The van der Waals surface area contributed by atoms with Gasteiger partial charge in [0.2, 0.25) is 17.0 Å². The number of tetrazole rings is 1. The van der Waals surface area contributed by atoms with Gasteiger partial charge >= 0.3 is 12.1 Å². The zero-order valence-corrected chi connectivity index (χ0v) is 34.3. The lowest BCUT2D eigenvalue weighted by Gasteiger charge is -2.34. The second kappa shape index (κ2) is 21.2. The molecule has 3 heterocycles. The predicted molar refractivity (Wildman–Crippen MR) is 214 cm³/mol. The summed E-state index contributed by atoms with van der Waals surface area (Å²) >= 11 is 1.43. The van der Waals surface area contributed by atoms with Crippen molar-refractivity contribution in [1.82, 2.24) is 56.3 Å². The van der Waals surface area contributed by atoms with Crippen LogP contribution in [0, 0.1) is 5.92 Å². The summed E-state index contributed by atoms with van der Waals surface area (Å²) in [5.74, 6) is -0.0704. The van der Waals surface area contributed by atoms with E-state index >= 15 is 0 Å². The minimum atomic E-state index is -1.05. The number of piperidine rings is 1. The van der Waals surface area contributed by atoms with Crippen molar-refractivity contribution >= 4 is 35.7 Å². The monoisotopic (exact) mass is 809 g/mol. The quantitative estimate of drug-likeness (QED) is 0.109. The third-order valence-corrected chi connectivity index (χ3v) is 11.4. The Kier molecular flexibility index (Phi) is 16.1. The van der Waals surface area contributed by atoms with Gasteiger partial charge in [-0.15, -0.1) is 5.10 Å². The maximum atomic E-state index is 14.3. The fourth-order valence-corrected chi connectivity index (χ4v) is 8.15. The molecule has 0 radical (unpaired) electrons. The van der Waals surface area contributed by atoms with Gasteiger partial charge in [0.05, 0.1) is 24.2 Å². The minimum absolute atomic E-state index is 0.0898. The smallest absolute Gasteiger partial charge is 0.407 e. The van der Waals surface area contributed by atoms with Crippen LogP contribution < -0.4 is 21.3 Å². The number of ether oxygens (including phenoxy) is 1. The lowest BCUT2D eigenvalue weighted by molar-refractivity contribution is -0.130. The van der Waals surface area contributed by atoms with E-state index in [9.17, 15) is 24.3 Å². The van der Waals surface area contributed by atoms with E-state index in [1.54, 1.807) is 43.6 Å². The number of carbonyl (C=O) groups is 4. The van der Waals surface area contributed by atoms with Crippen LogP contribution in [0.15, 0.2) is 48.0 Å². The Morgan fingerprint density at radius 2 is 1.67 bits per heavy atom. The molecule has 2 aromatic heterocycles. The molecule has 312 valence electrons. The molecule has 2 fully saturated rings. The molecule has 18 heteroatoms. The Morgan fingerprint density at radius 3 is 2.32 bits per heavy atom. The number of alkyl carbamates (subject to hydrolysis) is 1. The van der Waals surface area contributed by atoms with E-state index in [4.69, 9.17) is 4.74 Å². The van der Waals surface area contributed by atoms with Gasteiger partial charge in [-0.05, 0) is 68.4 Å². The fraction of sp³-hybridized carbons (Fsp3) is 0.641. The molecule has 1 aliphatic carbocycles. The Bertz CT molecular complexity index is 1710. The number of aromatic amines is 1. The van der Waals surface area contributed by atoms with Gasteiger partial charge in [-0.3, -0.25) is 9.59 Å². The Morgan fingerprint density at radius 1 is 0.965 bits per heavy atom. The van der Waals surface area contributed by atoms with Gasteiger partial charge in [-0.1, -0.05) is 74.2 Å². The third-order valence-electron chi connectivity index (χ3n) is 10.3. The molecule has 5 rings (SSSR count). The number of rotatable bonds is 17. The molecule has 0 spiro atoms. The molecule has 3 aromatic rings. The highest BCUT2D eigenvalue weighted by Crippen LogP contribution is 2.29. The minimum Gasteiger partial charge on any atom is -0.444 e. The summed E-state index contributed by atoms with van der Waals surface area (Å²) < 4.78 is 6.96. The number of hydrogen-bond acceptors (Lipinski definition) is 11. The van der Waals surface area contributed by atoms with Gasteiger partial charge in [-0.2, -0.15) is 0 Å². The molecule has 17 nitrogen and oxygen atoms in total. The molecule has 4 atom stereocenters. The number of amides is 5. The van der Waals surface area contributed by atoms with Gasteiger partial charge in [0.25, 0.3) is 0 Å². The van der Waals surface area contributed by atoms with Crippen LogP contribution in [0.3, 0.4) is 0 Å². The molecule has 6 N–H and O–H groups in total. The van der Waals surface area contributed by atoms with Crippen LogP contribution in [0.5, 0.6) is 0 Å². The first-order valence-corrected chi connectivity index (χ1v) is 21.0. The van der Waals surface area contributed by atoms with Crippen LogP contribution in [-0.4, -0.2) is 119 Å². The van der Waals surface area contributed by atoms with Crippen LogP contribution >= 0.6 is 11.8 Å². The zero-order chi connectivity index (χ0) is 40.8. The van der Waals surface area contributed by atoms with E-state index in [1.807, 2.05) is 30.3 Å². The van der Waals surface area contributed by atoms with Crippen LogP contribution in [0.2, 0.25) is 0 Å². The van der Waals surface area contributed by atoms with Crippen molar-refractivity contribution in [3.63, 3.8) is 0 Å². The molecule has 1 aromatic carbocycles. The highest BCUT2D eigenvalue weighted by Gasteiger charge is 2.33. The van der Waals surface area contributed by atoms with Crippen molar-refractivity contribution in [2.75, 3.05) is 18.8 Å². The molecule has 57 heavy (non-hydrogen) atoms. The summed E-state index contributed by atoms with van der Waals surface area (Å²) in [6.07, 6.45) is 9.65. The number of aryl methyl sites for hydroxylation is 1. The normalized spacial score (nSPS) is 17.5. The highest BCUT2D eigenvalue weighted by atomic mass is 32.2. The largest absolute Gasteiger partial charge is 0.444 e. The molecule has 2 aliphatic rings. The van der Waals surface area contributed by atoms with Gasteiger partial charge in [0.15, 0.2) is 0 Å². The van der Waals surface area contributed by atoms with Crippen molar-refractivity contribution in [1.29, 1.82) is 0 Å². The maximum Gasteiger partial charge on any atom is 0.407 e. The summed E-state index contributed by atoms with van der Waals surface area (Å²) in [5.41, 5.74) is 0.780. The molecular weight excluding hydrogens is 751 g/mol. The maximum absolute atomic E-state index is 14.3. The number of hydrogen-bond donors (Lipinski definition) is 6. The number of nitrogens with one attached hydrogen (secondary N) is 5. The van der Waals surface area contributed by atoms with Crippen molar-refractivity contribution in [2.45, 2.75) is 132 Å². The van der Waals surface area contributed by atoms with Crippen molar-refractivity contribution in [3.8, 4) is 0 Å². The number of thioether (sulfide) groups is 1. The number of benzene rings is 1. The van der Waals surface area contributed by atoms with Crippen LogP contribution in [0.25, 0.3) is 0 Å². The first-order chi connectivity index (χ1) is 27.3. The molecule has 1 saturated carbocycles. The zero-order valence-electron chi connectivity index (χ0n) is 33.5. The summed E-state index contributed by atoms with van der Waals surface area (Å²) in [6, 6.07) is 6.18. The molecular formula is C39H59N11O6S. The van der Waals surface area contributed by atoms with Gasteiger partial charge in [0.1, 0.15) is 17.7 Å². The summed E-state index contributed by atoms with van der Waals surface area (Å²) in [7, 11) is 1.76. The second-order valence-corrected chi connectivity index (χ2v) is 17.1. The van der Waals surface area contributed by atoms with Gasteiger partial charge in [-0.25, -0.2) is 19.3 Å². The number of nitrogens with zero attached hydrogens (tertiary/aromatic N) is 6. The lowest BCUT2D eigenvalue weighted by atomic mass is 9.83. The first kappa shape index (κ1) is 43.4. The van der Waals surface area contributed by atoms with E-state index < -0.39 is 53.8 Å². The average molecular weight is 810 g/mol. The summed E-state index contributed by atoms with van der Waals surface area (Å²) in [5, 5.41) is 35.6. The molecule has 1 aliphatic heterocycles. The Hall–Kier alpha value is -4.71. The number of aromatic nitrogens is 6. The third kappa shape index (κ3) is 14.3. The van der Waals surface area contributed by atoms with Gasteiger partial charge in [0, 0.05) is 51.0 Å². The van der Waals surface area contributed by atoms with Gasteiger partial charge < -0.3 is 41.0 Å². The predicted octanol–water partition coefficient (Wildman–Crippen LogP) is 3.27. The standard InChI is InChI=1S/C39H59N11O6S/c1-39(2,3)56-38(55)42-28-15-18-50(19-16-28)36(54)45-31(22-27-13-9-6-10-14-27)34(52)44-32(23-29-24-40-25-41-29)35(53)43-30(21-26-11-7-5-8-12-26)33(51)17-20-57-37-46-47-48-49(37)4/h6,9-10,13-14,24-26,28,30-33,51H,5,7-8,11-12,15-23H2,1-4H3,(H,40,41)(H,42,55)(H,43,53)(H,44,52)(H,45,54)/t30-,31-,32-,33-/m0/s1. The van der Waals surface area contributed by atoms with E-state index in [1.165, 1.54) is 24.5 Å². The Labute approximate surface area is 338 Å². The van der Waals surface area contributed by atoms with Crippen LogP contribution in [0.4, 0.5) is 9.59 Å². The number of aliphatic hydroxyl groups excluding tert-OH is 1. The second-order valence-electron chi connectivity index (χ2n) is 16.1. The van der Waals surface area contributed by atoms with Crippen LogP contribution in [-0.2, 0) is 34.2 Å². The number of aliphatic hydroxyl groups is 1. The highest BCUT2D eigenvalue weighted by molar-refractivity contribution is 7.99. The van der Waals surface area contributed by atoms with E-state index in [0.29, 0.717) is 61.3 Å². The topological polar surface area (TPSA) is 221 Å². The summed E-state index contributed by atoms with van der Waals surface area (Å²) in [4.78, 5) is 63.3. The molecule has 0 unspecified atom stereocenters. The van der Waals surface area contributed by atoms with Crippen LogP contribution in [0.1, 0.15) is 89.8 Å². The van der Waals surface area contributed by atoms with E-state index in [-0.39, 0.29) is 18.9 Å².